The zero-order valence-corrected chi connectivity index (χ0v) is 19.5. The van der Waals surface area contributed by atoms with Crippen LogP contribution < -0.4 is 29.2 Å². The fourth-order valence-corrected chi connectivity index (χ4v) is 5.81. The van der Waals surface area contributed by atoms with Gasteiger partial charge in [0.25, 0.3) is 0 Å². The van der Waals surface area contributed by atoms with Crippen LogP contribution in [0.15, 0.2) is 36.4 Å². The maximum Gasteiger partial charge on any atom is 0.207 e. The molecule has 2 atom stereocenters. The Morgan fingerprint density at radius 3 is 2.47 bits per heavy atom. The average Bonchev–Trinajstić information content (AvgIpc) is 3.28. The van der Waals surface area contributed by atoms with E-state index in [1.165, 1.54) is 4.70 Å². The second-order valence-electron chi connectivity index (χ2n) is 8.20. The van der Waals surface area contributed by atoms with Crippen molar-refractivity contribution >= 4 is 26.7 Å². The Labute approximate surface area is 192 Å². The monoisotopic (exact) mass is 455 g/mol. The third-order valence-electron chi connectivity index (χ3n) is 6.48. The second-order valence-corrected chi connectivity index (χ2v) is 9.21. The molecule has 0 radical (unpaired) electrons. The van der Waals surface area contributed by atoms with E-state index in [1.54, 1.807) is 25.6 Å². The van der Waals surface area contributed by atoms with Crippen molar-refractivity contribution in [3.63, 3.8) is 0 Å². The van der Waals surface area contributed by atoms with Crippen LogP contribution >= 0.6 is 11.3 Å². The van der Waals surface area contributed by atoms with Gasteiger partial charge in [-0.2, -0.15) is 0 Å². The Morgan fingerprint density at radius 1 is 1.06 bits per heavy atom. The predicted octanol–water partition coefficient (Wildman–Crippen LogP) is 3.96. The first kappa shape index (κ1) is 21.2. The van der Waals surface area contributed by atoms with Gasteiger partial charge >= 0.3 is 0 Å². The van der Waals surface area contributed by atoms with Crippen LogP contribution in [0.25, 0.3) is 10.2 Å². The van der Waals surface area contributed by atoms with Gasteiger partial charge in [-0.3, -0.25) is 0 Å². The van der Waals surface area contributed by atoms with Gasteiger partial charge in [0, 0.05) is 13.1 Å². The summed E-state index contributed by atoms with van der Waals surface area (Å²) in [7, 11) is 5.28. The molecule has 1 fully saturated rings. The highest BCUT2D eigenvalue weighted by Crippen LogP contribution is 2.47. The number of nitrogens with zero attached hydrogens (tertiary/aromatic N) is 2. The highest BCUT2D eigenvalue weighted by atomic mass is 32.1. The summed E-state index contributed by atoms with van der Waals surface area (Å²) >= 11 is 1.78. The number of benzene rings is 2. The molecular formula is C24H29N3O4S. The summed E-state index contributed by atoms with van der Waals surface area (Å²) in [4.78, 5) is 7.25. The summed E-state index contributed by atoms with van der Waals surface area (Å²) in [5, 5.41) is 4.63. The van der Waals surface area contributed by atoms with Crippen molar-refractivity contribution < 1.29 is 18.9 Å². The molecule has 1 aromatic heterocycles. The molecule has 2 unspecified atom stereocenters. The van der Waals surface area contributed by atoms with Crippen molar-refractivity contribution in [1.29, 1.82) is 0 Å². The first-order valence-corrected chi connectivity index (χ1v) is 11.9. The molecule has 3 aromatic rings. The number of piperidine rings is 1. The summed E-state index contributed by atoms with van der Waals surface area (Å²) < 4.78 is 24.7. The van der Waals surface area contributed by atoms with E-state index >= 15 is 0 Å². The van der Waals surface area contributed by atoms with E-state index in [2.05, 4.69) is 28.4 Å². The number of rotatable bonds is 6. The normalized spacial score (nSPS) is 19.7. The highest BCUT2D eigenvalue weighted by Gasteiger charge is 2.37. The van der Waals surface area contributed by atoms with E-state index in [0.29, 0.717) is 35.5 Å². The molecule has 7 nitrogen and oxygen atoms in total. The molecule has 2 aliphatic rings. The molecule has 2 aliphatic heterocycles. The molecular weight excluding hydrogens is 426 g/mol. The molecule has 0 amide bonds. The van der Waals surface area contributed by atoms with Gasteiger partial charge in [-0.25, -0.2) is 4.98 Å². The van der Waals surface area contributed by atoms with Gasteiger partial charge in [0.15, 0.2) is 16.6 Å². The Kier molecular flexibility index (Phi) is 5.97. The first-order valence-electron chi connectivity index (χ1n) is 11.0. The molecule has 0 aliphatic carbocycles. The fourth-order valence-electron chi connectivity index (χ4n) is 4.79. The molecule has 3 heterocycles. The van der Waals surface area contributed by atoms with Crippen LogP contribution in [0.4, 0.5) is 5.13 Å². The molecule has 170 valence electrons. The summed E-state index contributed by atoms with van der Waals surface area (Å²) in [6.07, 6.45) is 2.04. The lowest BCUT2D eigenvalue weighted by Gasteiger charge is -2.40. The van der Waals surface area contributed by atoms with Crippen molar-refractivity contribution in [2.45, 2.75) is 25.0 Å². The Bertz CT molecular complexity index is 1050. The zero-order valence-electron chi connectivity index (χ0n) is 18.7. The van der Waals surface area contributed by atoms with E-state index in [9.17, 15) is 0 Å². The predicted molar refractivity (Wildman–Crippen MR) is 127 cm³/mol. The summed E-state index contributed by atoms with van der Waals surface area (Å²) in [5.41, 5.74) is 1.08. The van der Waals surface area contributed by atoms with Crippen LogP contribution in [-0.2, 0) is 0 Å². The number of fused-ring (bicyclic) bond motifs is 2. The fraction of sp³-hybridized carbons (Fsp3) is 0.458. The second kappa shape index (κ2) is 9.03. The third kappa shape index (κ3) is 3.82. The molecule has 1 saturated heterocycles. The number of anilines is 1. The van der Waals surface area contributed by atoms with E-state index in [-0.39, 0.29) is 12.1 Å². The average molecular weight is 456 g/mol. The standard InChI is InChI=1S/C24H29N3O4S/c1-25-21(19-14-30-22-17(28-2)8-9-18(29-3)23(22)31-19)15-10-12-27(13-11-15)24-26-16-6-4-5-7-20(16)32-24/h4-9,15,19,21,25H,10-14H2,1-3H3. The Morgan fingerprint density at radius 2 is 1.78 bits per heavy atom. The van der Waals surface area contributed by atoms with E-state index in [4.69, 9.17) is 23.9 Å². The van der Waals surface area contributed by atoms with Gasteiger partial charge in [0.2, 0.25) is 11.5 Å². The maximum absolute atomic E-state index is 6.44. The Hall–Kier alpha value is -2.71. The quantitative estimate of drug-likeness (QED) is 0.604. The van der Waals surface area contributed by atoms with Gasteiger partial charge in [-0.15, -0.1) is 0 Å². The number of nitrogens with one attached hydrogen (secondary N) is 1. The highest BCUT2D eigenvalue weighted by molar-refractivity contribution is 7.22. The lowest BCUT2D eigenvalue weighted by Crippen LogP contribution is -2.53. The molecule has 1 N–H and O–H groups in total. The summed E-state index contributed by atoms with van der Waals surface area (Å²) in [6.45, 7) is 2.45. The number of hydrogen-bond donors (Lipinski definition) is 1. The van der Waals surface area contributed by atoms with Crippen molar-refractivity contribution in [3.05, 3.63) is 36.4 Å². The number of para-hydroxylation sites is 1. The zero-order chi connectivity index (χ0) is 22.1. The number of ether oxygens (including phenoxy) is 4. The number of aromatic nitrogens is 1. The summed E-state index contributed by atoms with van der Waals surface area (Å²) in [5.74, 6) is 3.03. The number of methoxy groups -OCH3 is 2. The molecule has 32 heavy (non-hydrogen) atoms. The van der Waals surface area contributed by atoms with Crippen LogP contribution in [-0.4, -0.2) is 58.1 Å². The van der Waals surface area contributed by atoms with Crippen LogP contribution in [0, 0.1) is 5.92 Å². The van der Waals surface area contributed by atoms with Crippen molar-refractivity contribution in [2.24, 2.45) is 5.92 Å². The van der Waals surface area contributed by atoms with Gasteiger partial charge in [-0.05, 0) is 50.1 Å². The van der Waals surface area contributed by atoms with Crippen LogP contribution in [0.5, 0.6) is 23.0 Å². The molecule has 2 aromatic carbocycles. The molecule has 0 bridgehead atoms. The van der Waals surface area contributed by atoms with E-state index < -0.39 is 0 Å². The largest absolute Gasteiger partial charge is 0.493 e. The minimum absolute atomic E-state index is 0.104. The minimum Gasteiger partial charge on any atom is -0.493 e. The van der Waals surface area contributed by atoms with Gasteiger partial charge < -0.3 is 29.2 Å². The van der Waals surface area contributed by atoms with E-state index in [0.717, 1.165) is 36.6 Å². The SMILES string of the molecule is CNC(C1CCN(c2nc3ccccc3s2)CC1)C1COc2c(OC)ccc(OC)c2O1. The molecule has 8 heteroatoms. The third-order valence-corrected chi connectivity index (χ3v) is 7.57. The van der Waals surface area contributed by atoms with Gasteiger partial charge in [0.05, 0.1) is 30.5 Å². The van der Waals surface area contributed by atoms with Gasteiger partial charge in [-0.1, -0.05) is 23.5 Å². The minimum atomic E-state index is -0.104. The lowest BCUT2D eigenvalue weighted by atomic mass is 9.86. The topological polar surface area (TPSA) is 65.1 Å². The number of hydrogen-bond acceptors (Lipinski definition) is 8. The van der Waals surface area contributed by atoms with Gasteiger partial charge in [0.1, 0.15) is 12.7 Å². The van der Waals surface area contributed by atoms with Crippen LogP contribution in [0.2, 0.25) is 0 Å². The maximum atomic E-state index is 6.44. The van der Waals surface area contributed by atoms with E-state index in [1.807, 2.05) is 25.2 Å². The lowest BCUT2D eigenvalue weighted by molar-refractivity contribution is 0.0372. The number of likely N-dealkylation sites (N-methyl/N-ethyl adjacent to an activating group) is 1. The first-order chi connectivity index (χ1) is 15.7. The van der Waals surface area contributed by atoms with Crippen molar-refractivity contribution in [1.82, 2.24) is 10.3 Å². The summed E-state index contributed by atoms with van der Waals surface area (Å²) in [6, 6.07) is 12.2. The van der Waals surface area contributed by atoms with Crippen molar-refractivity contribution in [3.8, 4) is 23.0 Å². The van der Waals surface area contributed by atoms with Crippen molar-refractivity contribution in [2.75, 3.05) is 45.9 Å². The van der Waals surface area contributed by atoms with Crippen LogP contribution in [0.1, 0.15) is 12.8 Å². The molecule has 0 spiro atoms. The smallest absolute Gasteiger partial charge is 0.207 e. The Balaban J connectivity index is 1.28. The van der Waals surface area contributed by atoms with Crippen LogP contribution in [0.3, 0.4) is 0 Å². The molecule has 5 rings (SSSR count). The molecule has 0 saturated carbocycles. The number of thiazole rings is 1.